The average Bonchev–Trinajstić information content (AvgIpc) is 3.23. The van der Waals surface area contributed by atoms with E-state index in [4.69, 9.17) is 29.8 Å². The standard InChI is InChI=1S/C20H30N7O16P/c21-10-1-2-27(19(37)24-10)17-15(34)14(33)9(41-17)6-40-44(38,39)43-20(18(35)36)3-7(29)12(25-11(31)4-23-26-22)16(42-20)13(32)8(30)5-28/h1-2,7-9,12-17,28-30,32-34H,3-6H2,(H,25,31)(H,35,36)(H,38,39)(H2,21,24,37)/t7?,8-,9-,12?,13-,14+,15+,16?,17-,20?/m1/s1. The van der Waals surface area contributed by atoms with Crippen LogP contribution in [-0.4, -0.2) is 136 Å². The Bertz CT molecular complexity index is 1360. The Hall–Kier alpha value is -3.28. The van der Waals surface area contributed by atoms with Crippen LogP contribution >= 0.6 is 7.82 Å². The van der Waals surface area contributed by atoms with Gasteiger partial charge in [-0.15, -0.1) is 0 Å². The molecule has 2 aliphatic heterocycles. The minimum atomic E-state index is -5.59. The molecule has 11 N–H and O–H groups in total. The fourth-order valence-corrected chi connectivity index (χ4v) is 5.37. The number of carboxylic acid groups (broad SMARTS) is 1. The molecule has 1 aromatic heterocycles. The Morgan fingerprint density at radius 2 is 2.02 bits per heavy atom. The Morgan fingerprint density at radius 1 is 1.34 bits per heavy atom. The number of hydrogen-bond acceptors (Lipinski definition) is 17. The number of aliphatic carboxylic acids is 1. The topological polar surface area (TPSA) is 372 Å². The molecule has 3 rings (SSSR count). The monoisotopic (exact) mass is 655 g/mol. The van der Waals surface area contributed by atoms with Gasteiger partial charge in [-0.1, -0.05) is 5.11 Å². The van der Waals surface area contributed by atoms with Gasteiger partial charge in [0.15, 0.2) is 6.23 Å². The van der Waals surface area contributed by atoms with E-state index in [0.717, 1.165) is 10.8 Å². The molecule has 24 heteroatoms. The molecule has 0 aromatic carbocycles. The minimum Gasteiger partial charge on any atom is -0.477 e. The number of nitrogen functional groups attached to an aromatic ring is 1. The molecule has 0 spiro atoms. The zero-order valence-corrected chi connectivity index (χ0v) is 23.2. The second kappa shape index (κ2) is 14.2. The zero-order chi connectivity index (χ0) is 33.0. The van der Waals surface area contributed by atoms with Crippen LogP contribution in [0.3, 0.4) is 0 Å². The van der Waals surface area contributed by atoms with E-state index in [1.54, 1.807) is 0 Å². The number of nitrogens with one attached hydrogen (secondary N) is 1. The molecule has 44 heavy (non-hydrogen) atoms. The van der Waals surface area contributed by atoms with Gasteiger partial charge in [0, 0.05) is 17.5 Å². The largest absolute Gasteiger partial charge is 0.477 e. The van der Waals surface area contributed by atoms with Crippen molar-refractivity contribution in [3.8, 4) is 0 Å². The number of hydrogen-bond donors (Lipinski definition) is 10. The van der Waals surface area contributed by atoms with E-state index < -0.39 is 112 Å². The summed E-state index contributed by atoms with van der Waals surface area (Å²) in [6, 6.07) is -0.553. The average molecular weight is 655 g/mol. The number of aliphatic hydroxyl groups is 6. The Morgan fingerprint density at radius 3 is 2.61 bits per heavy atom. The van der Waals surface area contributed by atoms with Crippen molar-refractivity contribution >= 4 is 25.5 Å². The highest BCUT2D eigenvalue weighted by molar-refractivity contribution is 7.47. The minimum absolute atomic E-state index is 0.151. The number of ether oxygens (including phenoxy) is 2. The highest BCUT2D eigenvalue weighted by atomic mass is 31.2. The Kier molecular flexibility index (Phi) is 11.4. The van der Waals surface area contributed by atoms with Gasteiger partial charge in [0.05, 0.1) is 25.4 Å². The predicted octanol–water partition coefficient (Wildman–Crippen LogP) is -4.98. The van der Waals surface area contributed by atoms with Crippen LogP contribution in [0, 0.1) is 0 Å². The van der Waals surface area contributed by atoms with Crippen molar-refractivity contribution in [2.75, 3.05) is 25.5 Å². The van der Waals surface area contributed by atoms with E-state index in [0.29, 0.717) is 0 Å². The lowest BCUT2D eigenvalue weighted by molar-refractivity contribution is -0.289. The van der Waals surface area contributed by atoms with E-state index in [2.05, 4.69) is 20.3 Å². The molecule has 2 saturated heterocycles. The van der Waals surface area contributed by atoms with Gasteiger partial charge in [-0.05, 0) is 11.6 Å². The summed E-state index contributed by atoms with van der Waals surface area (Å²) in [5.41, 5.74) is 12.8. The first-order chi connectivity index (χ1) is 20.6. The Balaban J connectivity index is 1.80. The molecule has 2 fully saturated rings. The number of phosphoric acid groups is 1. The molecule has 0 bridgehead atoms. The normalized spacial score (nSPS) is 33.0. The number of aliphatic hydroxyl groups excluding tert-OH is 6. The van der Waals surface area contributed by atoms with E-state index in [1.165, 1.54) is 6.07 Å². The molecule has 2 aliphatic rings. The molecule has 3 heterocycles. The summed E-state index contributed by atoms with van der Waals surface area (Å²) in [6.45, 7) is -2.97. The maximum absolute atomic E-state index is 12.9. The van der Waals surface area contributed by atoms with Crippen LogP contribution < -0.4 is 16.7 Å². The quantitative estimate of drug-likeness (QED) is 0.0411. The second-order valence-electron chi connectivity index (χ2n) is 9.58. The first-order valence-electron chi connectivity index (χ1n) is 12.5. The van der Waals surface area contributed by atoms with Gasteiger partial charge >= 0.3 is 19.5 Å². The molecule has 1 aromatic rings. The molecule has 11 atom stereocenters. The van der Waals surface area contributed by atoms with Crippen LogP contribution in [0.5, 0.6) is 0 Å². The molecule has 23 nitrogen and oxygen atoms in total. The molecule has 0 aliphatic carbocycles. The highest BCUT2D eigenvalue weighted by Gasteiger charge is 2.59. The van der Waals surface area contributed by atoms with E-state index >= 15 is 0 Å². The lowest BCUT2D eigenvalue weighted by atomic mass is 9.88. The van der Waals surface area contributed by atoms with Gasteiger partial charge in [-0.3, -0.25) is 13.9 Å². The fraction of sp³-hybridized carbons (Fsp3) is 0.700. The van der Waals surface area contributed by atoms with Gasteiger partial charge < -0.3 is 61.2 Å². The SMILES string of the molecule is [N-]=[N+]=NCC(=O)NC1C(O)CC(OP(=O)(O)OC[C@H]2O[C@@H](n3ccc(N)nc3=O)[C@@H](O)[C@H]2O)(C(=O)O)OC1[C@H](O)[C@H](O)CO. The van der Waals surface area contributed by atoms with Crippen LogP contribution in [0.4, 0.5) is 5.82 Å². The van der Waals surface area contributed by atoms with Gasteiger partial charge in [-0.25, -0.2) is 18.7 Å². The molecule has 1 amide bonds. The van der Waals surface area contributed by atoms with Crippen LogP contribution in [0.25, 0.3) is 10.4 Å². The first-order valence-corrected chi connectivity index (χ1v) is 14.0. The van der Waals surface area contributed by atoms with Crippen molar-refractivity contribution in [3.05, 3.63) is 33.2 Å². The third kappa shape index (κ3) is 7.86. The van der Waals surface area contributed by atoms with E-state index in [-0.39, 0.29) is 5.82 Å². The number of anilines is 1. The van der Waals surface area contributed by atoms with E-state index in [1.807, 2.05) is 0 Å². The molecule has 5 unspecified atom stereocenters. The van der Waals surface area contributed by atoms with Crippen molar-refractivity contribution in [2.24, 2.45) is 5.11 Å². The number of phosphoric ester groups is 1. The Labute approximate surface area is 245 Å². The van der Waals surface area contributed by atoms with Crippen LogP contribution in [0.2, 0.25) is 0 Å². The maximum Gasteiger partial charge on any atom is 0.475 e. The van der Waals surface area contributed by atoms with Gasteiger partial charge in [0.25, 0.3) is 5.79 Å². The number of nitrogens with zero attached hydrogens (tertiary/aromatic N) is 5. The summed E-state index contributed by atoms with van der Waals surface area (Å²) in [5, 5.41) is 76.0. The van der Waals surface area contributed by atoms with Crippen molar-refractivity contribution in [2.45, 2.75) is 67.2 Å². The number of carbonyl (C=O) groups excluding carboxylic acids is 1. The highest BCUT2D eigenvalue weighted by Crippen LogP contribution is 2.51. The third-order valence-electron chi connectivity index (χ3n) is 6.55. The van der Waals surface area contributed by atoms with Gasteiger partial charge in [0.1, 0.15) is 49.0 Å². The van der Waals surface area contributed by atoms with Crippen molar-refractivity contribution in [3.63, 3.8) is 0 Å². The number of carboxylic acids is 1. The van der Waals surface area contributed by atoms with Crippen molar-refractivity contribution in [1.82, 2.24) is 14.9 Å². The summed E-state index contributed by atoms with van der Waals surface area (Å²) in [5.74, 6) is -6.63. The molecule has 0 saturated carbocycles. The lowest BCUT2D eigenvalue weighted by Gasteiger charge is -2.46. The van der Waals surface area contributed by atoms with Crippen LogP contribution in [0.15, 0.2) is 22.2 Å². The third-order valence-corrected chi connectivity index (χ3v) is 7.55. The van der Waals surface area contributed by atoms with Gasteiger partial charge in [0.2, 0.25) is 5.91 Å². The molecule has 0 radical (unpaired) electrons. The lowest BCUT2D eigenvalue weighted by Crippen LogP contribution is -2.68. The maximum atomic E-state index is 12.9. The number of rotatable bonds is 13. The van der Waals surface area contributed by atoms with Gasteiger partial charge in [-0.2, -0.15) is 4.98 Å². The summed E-state index contributed by atoms with van der Waals surface area (Å²) in [6.07, 6.45) is -15.3. The summed E-state index contributed by atoms with van der Waals surface area (Å²) >= 11 is 0. The summed E-state index contributed by atoms with van der Waals surface area (Å²) < 4.78 is 33.8. The van der Waals surface area contributed by atoms with Crippen molar-refractivity contribution in [1.29, 1.82) is 0 Å². The first kappa shape index (κ1) is 35.2. The second-order valence-corrected chi connectivity index (χ2v) is 11.0. The molecular weight excluding hydrogens is 625 g/mol. The smallest absolute Gasteiger partial charge is 0.475 e. The fourth-order valence-electron chi connectivity index (χ4n) is 4.41. The number of aromatic nitrogens is 2. The molecule has 246 valence electrons. The molecular formula is C20H30N7O16P. The van der Waals surface area contributed by atoms with Crippen molar-refractivity contribution < 1.29 is 73.3 Å². The van der Waals surface area contributed by atoms with E-state index in [9.17, 15) is 59.6 Å². The zero-order valence-electron chi connectivity index (χ0n) is 22.3. The number of azide groups is 1. The van der Waals surface area contributed by atoms with Crippen LogP contribution in [-0.2, 0) is 32.7 Å². The van der Waals surface area contributed by atoms with Crippen LogP contribution in [0.1, 0.15) is 12.6 Å². The number of carbonyl (C=O) groups is 2. The number of nitrogens with two attached hydrogens (primary N) is 1. The number of amides is 1. The summed E-state index contributed by atoms with van der Waals surface area (Å²) in [4.78, 5) is 52.6. The predicted molar refractivity (Wildman–Crippen MR) is 137 cm³/mol. The summed E-state index contributed by atoms with van der Waals surface area (Å²) in [7, 11) is -5.59.